The van der Waals surface area contributed by atoms with Crippen LogP contribution in [0, 0.1) is 11.6 Å². The van der Waals surface area contributed by atoms with Crippen LogP contribution < -0.4 is 10.0 Å². The molecular weight excluding hydrogens is 298 g/mol. The van der Waals surface area contributed by atoms with Crippen LogP contribution >= 0.6 is 0 Å². The van der Waals surface area contributed by atoms with E-state index in [1.165, 1.54) is 4.31 Å². The summed E-state index contributed by atoms with van der Waals surface area (Å²) in [5.74, 6) is -2.27. The van der Waals surface area contributed by atoms with Gasteiger partial charge in [0.1, 0.15) is 0 Å². The van der Waals surface area contributed by atoms with Gasteiger partial charge >= 0.3 is 0 Å². The fourth-order valence-electron chi connectivity index (χ4n) is 2.38. The topological polar surface area (TPSA) is 63.4 Å². The monoisotopic (exact) mass is 310 g/mol. The molecule has 1 heterocycles. The molecule has 0 amide bonds. The number of anilines is 2. The highest BCUT2D eigenvalue weighted by Gasteiger charge is 2.31. The predicted octanol–water partition coefficient (Wildman–Crippen LogP) is 2.30. The zero-order valence-corrected chi connectivity index (χ0v) is 11.7. The molecule has 2 aromatic carbocycles. The van der Waals surface area contributed by atoms with Crippen molar-refractivity contribution in [1.82, 2.24) is 0 Å². The number of rotatable bonds is 2. The second-order valence-electron chi connectivity index (χ2n) is 4.79. The number of sulfonamides is 1. The maximum absolute atomic E-state index is 13.3. The number of nitrogens with zero attached hydrogens (tertiary/aromatic N) is 1. The summed E-state index contributed by atoms with van der Waals surface area (Å²) in [5, 5.41) is 0. The molecule has 1 aliphatic rings. The van der Waals surface area contributed by atoms with Crippen LogP contribution in [0.5, 0.6) is 0 Å². The van der Waals surface area contributed by atoms with Gasteiger partial charge in [0.2, 0.25) is 0 Å². The largest absolute Gasteiger partial charge is 0.399 e. The Hall–Kier alpha value is -2.15. The highest BCUT2D eigenvalue weighted by atomic mass is 32.2. The normalized spacial score (nSPS) is 14.3. The highest BCUT2D eigenvalue weighted by Crippen LogP contribution is 2.34. The standard InChI is InChI=1S/C14H12F2N2O2S/c15-12-4-3-11(8-13(12)16)21(19,20)18-6-5-9-1-2-10(17)7-14(9)18/h1-4,7-8H,5-6,17H2. The molecule has 2 N–H and O–H groups in total. The first kappa shape index (κ1) is 13.8. The van der Waals surface area contributed by atoms with Gasteiger partial charge in [-0.05, 0) is 42.3 Å². The Labute approximate surface area is 120 Å². The fourth-order valence-corrected chi connectivity index (χ4v) is 3.89. The summed E-state index contributed by atoms with van der Waals surface area (Å²) in [4.78, 5) is -0.281. The molecule has 21 heavy (non-hydrogen) atoms. The van der Waals surface area contributed by atoms with Crippen LogP contribution in [0.15, 0.2) is 41.3 Å². The lowest BCUT2D eigenvalue weighted by molar-refractivity contribution is 0.504. The molecule has 0 atom stereocenters. The fraction of sp³-hybridized carbons (Fsp3) is 0.143. The Morgan fingerprint density at radius 2 is 1.81 bits per heavy atom. The third-order valence-corrected chi connectivity index (χ3v) is 5.25. The van der Waals surface area contributed by atoms with E-state index in [2.05, 4.69) is 0 Å². The van der Waals surface area contributed by atoms with E-state index in [4.69, 9.17) is 5.73 Å². The lowest BCUT2D eigenvalue weighted by Crippen LogP contribution is -2.29. The zero-order valence-electron chi connectivity index (χ0n) is 10.9. The third-order valence-electron chi connectivity index (χ3n) is 3.44. The van der Waals surface area contributed by atoms with Gasteiger partial charge in [-0.15, -0.1) is 0 Å². The highest BCUT2D eigenvalue weighted by molar-refractivity contribution is 7.92. The van der Waals surface area contributed by atoms with Gasteiger partial charge in [0.05, 0.1) is 10.6 Å². The molecule has 0 spiro atoms. The van der Waals surface area contributed by atoms with Gasteiger partial charge in [0.25, 0.3) is 10.0 Å². The maximum Gasteiger partial charge on any atom is 0.264 e. The first-order chi connectivity index (χ1) is 9.89. The van der Waals surface area contributed by atoms with Crippen LogP contribution in [-0.2, 0) is 16.4 Å². The van der Waals surface area contributed by atoms with Crippen LogP contribution in [0.1, 0.15) is 5.56 Å². The van der Waals surface area contributed by atoms with Gasteiger partial charge in [0.15, 0.2) is 11.6 Å². The van der Waals surface area contributed by atoms with Gasteiger partial charge < -0.3 is 5.73 Å². The van der Waals surface area contributed by atoms with Crippen LogP contribution in [0.2, 0.25) is 0 Å². The SMILES string of the molecule is Nc1ccc2c(c1)N(S(=O)(=O)c1ccc(F)c(F)c1)CC2. The van der Waals surface area contributed by atoms with E-state index in [1.807, 2.05) is 0 Å². The van der Waals surface area contributed by atoms with Crippen molar-refractivity contribution >= 4 is 21.4 Å². The minimum absolute atomic E-state index is 0.250. The zero-order chi connectivity index (χ0) is 15.2. The van der Waals surface area contributed by atoms with E-state index in [-0.39, 0.29) is 11.4 Å². The maximum atomic E-state index is 13.3. The lowest BCUT2D eigenvalue weighted by Gasteiger charge is -2.20. The van der Waals surface area contributed by atoms with Gasteiger partial charge in [-0.2, -0.15) is 0 Å². The smallest absolute Gasteiger partial charge is 0.264 e. The molecule has 3 rings (SSSR count). The number of hydrogen-bond acceptors (Lipinski definition) is 3. The van der Waals surface area contributed by atoms with Crippen molar-refractivity contribution < 1.29 is 17.2 Å². The summed E-state index contributed by atoms with van der Waals surface area (Å²) in [6, 6.07) is 7.59. The number of benzene rings is 2. The summed E-state index contributed by atoms with van der Waals surface area (Å²) in [6.07, 6.45) is 0.554. The Kier molecular flexibility index (Phi) is 3.09. The van der Waals surface area contributed by atoms with Crippen molar-refractivity contribution in [1.29, 1.82) is 0 Å². The molecule has 0 unspecified atom stereocenters. The summed E-state index contributed by atoms with van der Waals surface area (Å²) < 4.78 is 52.5. The van der Waals surface area contributed by atoms with E-state index in [9.17, 15) is 17.2 Å². The van der Waals surface area contributed by atoms with E-state index >= 15 is 0 Å². The predicted molar refractivity (Wildman–Crippen MR) is 75.4 cm³/mol. The molecule has 0 aromatic heterocycles. The summed E-state index contributed by atoms with van der Waals surface area (Å²) in [7, 11) is -3.94. The van der Waals surface area contributed by atoms with Crippen molar-refractivity contribution in [3.63, 3.8) is 0 Å². The Morgan fingerprint density at radius 1 is 1.05 bits per heavy atom. The second-order valence-corrected chi connectivity index (χ2v) is 6.65. The molecule has 0 radical (unpaired) electrons. The second kappa shape index (κ2) is 4.70. The Morgan fingerprint density at radius 3 is 2.52 bits per heavy atom. The van der Waals surface area contributed by atoms with Crippen LogP contribution in [0.3, 0.4) is 0 Å². The van der Waals surface area contributed by atoms with Crippen LogP contribution in [-0.4, -0.2) is 15.0 Å². The Balaban J connectivity index is 2.09. The number of halogens is 2. The number of nitrogen functional groups attached to an aromatic ring is 1. The number of fused-ring (bicyclic) bond motifs is 1. The van der Waals surface area contributed by atoms with Crippen LogP contribution in [0.25, 0.3) is 0 Å². The number of nitrogens with two attached hydrogens (primary N) is 1. The van der Waals surface area contributed by atoms with E-state index < -0.39 is 21.7 Å². The molecule has 2 aromatic rings. The van der Waals surface area contributed by atoms with Gasteiger partial charge in [-0.3, -0.25) is 4.31 Å². The molecule has 0 aliphatic carbocycles. The van der Waals surface area contributed by atoms with Crippen molar-refractivity contribution in [2.75, 3.05) is 16.6 Å². The first-order valence-corrected chi connectivity index (χ1v) is 7.70. The summed E-state index contributed by atoms with van der Waals surface area (Å²) >= 11 is 0. The van der Waals surface area contributed by atoms with Gasteiger partial charge in [-0.25, -0.2) is 17.2 Å². The molecule has 0 bridgehead atoms. The minimum Gasteiger partial charge on any atom is -0.399 e. The molecule has 0 fully saturated rings. The molecule has 4 nitrogen and oxygen atoms in total. The van der Waals surface area contributed by atoms with E-state index in [0.29, 0.717) is 23.9 Å². The van der Waals surface area contributed by atoms with Crippen molar-refractivity contribution in [2.24, 2.45) is 0 Å². The van der Waals surface area contributed by atoms with Crippen molar-refractivity contribution in [3.8, 4) is 0 Å². The summed E-state index contributed by atoms with van der Waals surface area (Å²) in [6.45, 7) is 0.250. The molecule has 0 saturated heterocycles. The average Bonchev–Trinajstić information content (AvgIpc) is 2.85. The lowest BCUT2D eigenvalue weighted by atomic mass is 10.1. The van der Waals surface area contributed by atoms with Crippen molar-refractivity contribution in [2.45, 2.75) is 11.3 Å². The average molecular weight is 310 g/mol. The third kappa shape index (κ3) is 2.23. The molecule has 110 valence electrons. The molecular formula is C14H12F2N2O2S. The minimum atomic E-state index is -3.94. The van der Waals surface area contributed by atoms with E-state index in [1.54, 1.807) is 18.2 Å². The number of hydrogen-bond donors (Lipinski definition) is 1. The van der Waals surface area contributed by atoms with Crippen LogP contribution in [0.4, 0.5) is 20.2 Å². The van der Waals surface area contributed by atoms with E-state index in [0.717, 1.165) is 17.7 Å². The first-order valence-electron chi connectivity index (χ1n) is 6.26. The molecule has 0 saturated carbocycles. The van der Waals surface area contributed by atoms with Gasteiger partial charge in [-0.1, -0.05) is 6.07 Å². The quantitative estimate of drug-likeness (QED) is 0.866. The summed E-state index contributed by atoms with van der Waals surface area (Å²) in [5.41, 5.74) is 7.48. The molecule has 7 heteroatoms. The van der Waals surface area contributed by atoms with Gasteiger partial charge in [0, 0.05) is 12.2 Å². The molecule has 1 aliphatic heterocycles. The Bertz CT molecular complexity index is 822. The van der Waals surface area contributed by atoms with Crippen molar-refractivity contribution in [3.05, 3.63) is 53.6 Å².